The van der Waals surface area contributed by atoms with Gasteiger partial charge in [-0.2, -0.15) is 11.3 Å². The van der Waals surface area contributed by atoms with Gasteiger partial charge < -0.3 is 9.47 Å². The third kappa shape index (κ3) is 3.86. The van der Waals surface area contributed by atoms with E-state index < -0.39 is 0 Å². The zero-order chi connectivity index (χ0) is 16.2. The van der Waals surface area contributed by atoms with Crippen LogP contribution in [-0.4, -0.2) is 41.8 Å². The average molecular weight is 344 g/mol. The van der Waals surface area contributed by atoms with E-state index in [1.54, 1.807) is 11.3 Å². The zero-order valence-corrected chi connectivity index (χ0v) is 14.7. The third-order valence-corrected chi connectivity index (χ3v) is 5.82. The van der Waals surface area contributed by atoms with Crippen LogP contribution in [0.2, 0.25) is 0 Å². The highest BCUT2D eigenvalue weighted by molar-refractivity contribution is 7.07. The second kappa shape index (κ2) is 7.74. The summed E-state index contributed by atoms with van der Waals surface area (Å²) < 4.78 is 12.0. The van der Waals surface area contributed by atoms with E-state index in [4.69, 9.17) is 9.47 Å². The van der Waals surface area contributed by atoms with Gasteiger partial charge in [0, 0.05) is 38.1 Å². The van der Waals surface area contributed by atoms with Gasteiger partial charge in [0.2, 0.25) is 0 Å². The molecule has 0 radical (unpaired) electrons. The normalized spacial score (nSPS) is 27.2. The van der Waals surface area contributed by atoms with Crippen LogP contribution >= 0.6 is 11.3 Å². The predicted octanol–water partition coefficient (Wildman–Crippen LogP) is 3.34. The van der Waals surface area contributed by atoms with Gasteiger partial charge in [-0.25, -0.2) is 0 Å². The summed E-state index contributed by atoms with van der Waals surface area (Å²) in [5, 5.41) is 4.42. The van der Waals surface area contributed by atoms with Crippen LogP contribution in [0.4, 0.5) is 0 Å². The smallest absolute Gasteiger partial charge is 0.0734 e. The maximum absolute atomic E-state index is 6.04. The first-order valence-corrected chi connectivity index (χ1v) is 9.66. The lowest BCUT2D eigenvalue weighted by atomic mass is 10.1. The topological polar surface area (TPSA) is 34.6 Å². The highest BCUT2D eigenvalue weighted by Gasteiger charge is 2.40. The Kier molecular flexibility index (Phi) is 5.23. The van der Waals surface area contributed by atoms with Gasteiger partial charge in [-0.05, 0) is 58.8 Å². The molecule has 1 aliphatic carbocycles. The summed E-state index contributed by atoms with van der Waals surface area (Å²) >= 11 is 1.78. The minimum Gasteiger partial charge on any atom is -0.376 e. The number of hydrogen-bond acceptors (Lipinski definition) is 5. The van der Waals surface area contributed by atoms with Crippen molar-refractivity contribution in [2.75, 3.05) is 19.8 Å². The molecule has 128 valence electrons. The molecule has 0 bridgehead atoms. The summed E-state index contributed by atoms with van der Waals surface area (Å²) in [7, 11) is 0. The van der Waals surface area contributed by atoms with E-state index in [1.807, 2.05) is 24.5 Å². The summed E-state index contributed by atoms with van der Waals surface area (Å²) in [6, 6.07) is 6.81. The maximum Gasteiger partial charge on any atom is 0.0734 e. The predicted molar refractivity (Wildman–Crippen MR) is 94.9 cm³/mol. The van der Waals surface area contributed by atoms with Gasteiger partial charge in [0.1, 0.15) is 0 Å². The van der Waals surface area contributed by atoms with Crippen LogP contribution in [-0.2, 0) is 22.6 Å². The Labute approximate surface area is 147 Å². The molecule has 24 heavy (non-hydrogen) atoms. The first-order chi connectivity index (χ1) is 11.9. The number of rotatable bonds is 6. The first kappa shape index (κ1) is 16.2. The van der Waals surface area contributed by atoms with E-state index in [0.29, 0.717) is 24.7 Å². The number of hydrogen-bond donors (Lipinski definition) is 0. The summed E-state index contributed by atoms with van der Waals surface area (Å²) in [4.78, 5) is 6.65. The number of morpholine rings is 1. The SMILES string of the molecule is c1cc(COC[C@@H]2C[C@@H]3OCCN(Cc4ccsc4)[C@H]3C2)ccn1. The van der Waals surface area contributed by atoms with Crippen molar-refractivity contribution in [1.29, 1.82) is 0 Å². The van der Waals surface area contributed by atoms with Crippen LogP contribution in [0.5, 0.6) is 0 Å². The molecule has 0 spiro atoms. The van der Waals surface area contributed by atoms with E-state index in [1.165, 1.54) is 17.5 Å². The van der Waals surface area contributed by atoms with Gasteiger partial charge in [-0.1, -0.05) is 0 Å². The second-order valence-electron chi connectivity index (χ2n) is 6.79. The van der Waals surface area contributed by atoms with Crippen LogP contribution in [0.25, 0.3) is 0 Å². The molecule has 2 aromatic heterocycles. The summed E-state index contributed by atoms with van der Waals surface area (Å²) in [6.45, 7) is 4.45. The van der Waals surface area contributed by atoms with E-state index in [0.717, 1.165) is 32.7 Å². The standard InChI is InChI=1S/C19H24N2O2S/c1-4-20-5-2-15(1)12-22-13-17-9-18-19(10-17)23-7-6-21(18)11-16-3-8-24-14-16/h1-5,8,14,17-19H,6-7,9-13H2/t17-,18-,19-/m0/s1. The molecule has 1 saturated heterocycles. The first-order valence-electron chi connectivity index (χ1n) is 8.72. The molecule has 1 aliphatic heterocycles. The van der Waals surface area contributed by atoms with Crippen LogP contribution in [0.15, 0.2) is 41.4 Å². The molecular formula is C19H24N2O2S. The van der Waals surface area contributed by atoms with Crippen molar-refractivity contribution >= 4 is 11.3 Å². The van der Waals surface area contributed by atoms with Crippen molar-refractivity contribution in [3.05, 3.63) is 52.5 Å². The van der Waals surface area contributed by atoms with E-state index in [9.17, 15) is 0 Å². The molecule has 0 unspecified atom stereocenters. The Morgan fingerprint density at radius 2 is 2.12 bits per heavy atom. The van der Waals surface area contributed by atoms with E-state index in [2.05, 4.69) is 26.7 Å². The van der Waals surface area contributed by atoms with Gasteiger partial charge in [-0.15, -0.1) is 0 Å². The molecule has 3 atom stereocenters. The largest absolute Gasteiger partial charge is 0.376 e. The fourth-order valence-corrected chi connectivity index (χ4v) is 4.56. The van der Waals surface area contributed by atoms with Crippen LogP contribution in [0, 0.1) is 5.92 Å². The number of fused-ring (bicyclic) bond motifs is 1. The molecule has 4 rings (SSSR count). The lowest BCUT2D eigenvalue weighted by Crippen LogP contribution is -2.47. The molecule has 1 saturated carbocycles. The summed E-state index contributed by atoms with van der Waals surface area (Å²) in [5.41, 5.74) is 2.62. The minimum absolute atomic E-state index is 0.381. The summed E-state index contributed by atoms with van der Waals surface area (Å²) in [5.74, 6) is 0.602. The lowest BCUT2D eigenvalue weighted by molar-refractivity contribution is -0.0590. The molecule has 3 heterocycles. The van der Waals surface area contributed by atoms with E-state index >= 15 is 0 Å². The molecule has 2 fully saturated rings. The van der Waals surface area contributed by atoms with Crippen LogP contribution in [0.1, 0.15) is 24.0 Å². The van der Waals surface area contributed by atoms with Gasteiger partial charge in [-0.3, -0.25) is 9.88 Å². The van der Waals surface area contributed by atoms with Gasteiger partial charge in [0.05, 0.1) is 19.3 Å². The molecular weight excluding hydrogens is 320 g/mol. The Hall–Kier alpha value is -1.27. The van der Waals surface area contributed by atoms with Crippen molar-refractivity contribution in [1.82, 2.24) is 9.88 Å². The Morgan fingerprint density at radius 3 is 2.96 bits per heavy atom. The number of aromatic nitrogens is 1. The molecule has 2 aromatic rings. The number of thiophene rings is 1. The van der Waals surface area contributed by atoms with Crippen molar-refractivity contribution in [3.63, 3.8) is 0 Å². The highest BCUT2D eigenvalue weighted by atomic mass is 32.1. The fourth-order valence-electron chi connectivity index (χ4n) is 3.90. The molecule has 2 aliphatic rings. The Bertz CT molecular complexity index is 620. The summed E-state index contributed by atoms with van der Waals surface area (Å²) in [6.07, 6.45) is 6.33. The molecule has 4 nitrogen and oxygen atoms in total. The van der Waals surface area contributed by atoms with Gasteiger partial charge >= 0.3 is 0 Å². The second-order valence-corrected chi connectivity index (χ2v) is 7.57. The van der Waals surface area contributed by atoms with Crippen molar-refractivity contribution in [3.8, 4) is 0 Å². The van der Waals surface area contributed by atoms with E-state index in [-0.39, 0.29) is 0 Å². The molecule has 5 heteroatoms. The third-order valence-electron chi connectivity index (χ3n) is 5.09. The molecule has 0 amide bonds. The average Bonchev–Trinajstić information content (AvgIpc) is 3.26. The van der Waals surface area contributed by atoms with Crippen molar-refractivity contribution in [2.45, 2.75) is 38.1 Å². The molecule has 0 N–H and O–H groups in total. The zero-order valence-electron chi connectivity index (χ0n) is 13.8. The molecule has 0 aromatic carbocycles. The maximum atomic E-state index is 6.04. The number of nitrogens with zero attached hydrogens (tertiary/aromatic N) is 2. The van der Waals surface area contributed by atoms with Crippen molar-refractivity contribution in [2.24, 2.45) is 5.92 Å². The number of ether oxygens (including phenoxy) is 2. The fraction of sp³-hybridized carbons (Fsp3) is 0.526. The minimum atomic E-state index is 0.381. The number of pyridine rings is 1. The Morgan fingerprint density at radius 1 is 1.21 bits per heavy atom. The van der Waals surface area contributed by atoms with Gasteiger partial charge in [0.25, 0.3) is 0 Å². The Balaban J connectivity index is 1.29. The monoisotopic (exact) mass is 344 g/mol. The van der Waals surface area contributed by atoms with Crippen LogP contribution < -0.4 is 0 Å². The lowest BCUT2D eigenvalue weighted by Gasteiger charge is -2.37. The van der Waals surface area contributed by atoms with Gasteiger partial charge in [0.15, 0.2) is 0 Å². The van der Waals surface area contributed by atoms with Crippen LogP contribution in [0.3, 0.4) is 0 Å². The highest BCUT2D eigenvalue weighted by Crippen LogP contribution is 2.35. The quantitative estimate of drug-likeness (QED) is 0.805. The van der Waals surface area contributed by atoms with Crippen molar-refractivity contribution < 1.29 is 9.47 Å².